The molecule has 0 aliphatic carbocycles. The minimum absolute atomic E-state index is 0.00913. The summed E-state index contributed by atoms with van der Waals surface area (Å²) in [4.78, 5) is 0. The van der Waals surface area contributed by atoms with E-state index in [9.17, 15) is 5.26 Å². The van der Waals surface area contributed by atoms with Crippen LogP contribution in [0.4, 0.5) is 0 Å². The molecular weight excluding hydrogens is 384 g/mol. The van der Waals surface area contributed by atoms with E-state index in [1.165, 1.54) is 7.11 Å². The summed E-state index contributed by atoms with van der Waals surface area (Å²) in [6.45, 7) is 0. The number of nitrogens with one attached hydrogen (secondary N) is 1. The number of benzene rings is 2. The third-order valence-corrected chi connectivity index (χ3v) is 5.02. The van der Waals surface area contributed by atoms with Crippen LogP contribution < -0.4 is 24.7 Å². The summed E-state index contributed by atoms with van der Waals surface area (Å²) in [6.07, 6.45) is 0. The molecule has 0 bridgehead atoms. The van der Waals surface area contributed by atoms with Crippen molar-refractivity contribution in [1.82, 2.24) is 10.2 Å². The number of nitrogens with two attached hydrogens (primary N) is 1. The zero-order valence-corrected chi connectivity index (χ0v) is 16.7. The number of aromatic amines is 1. The van der Waals surface area contributed by atoms with Crippen LogP contribution in [0, 0.1) is 11.3 Å². The largest absolute Gasteiger partial charge is 0.493 e. The van der Waals surface area contributed by atoms with Gasteiger partial charge in [-0.2, -0.15) is 5.26 Å². The molecule has 152 valence electrons. The van der Waals surface area contributed by atoms with Gasteiger partial charge in [0.1, 0.15) is 11.6 Å². The third-order valence-electron chi connectivity index (χ3n) is 5.02. The molecule has 0 radical (unpaired) electrons. The van der Waals surface area contributed by atoms with Crippen LogP contribution in [0.3, 0.4) is 0 Å². The highest BCUT2D eigenvalue weighted by atomic mass is 16.5. The van der Waals surface area contributed by atoms with Crippen LogP contribution in [-0.4, -0.2) is 31.5 Å². The van der Waals surface area contributed by atoms with Crippen LogP contribution in [0.2, 0.25) is 0 Å². The Bertz CT molecular complexity index is 1140. The van der Waals surface area contributed by atoms with E-state index in [0.717, 1.165) is 16.8 Å². The standard InChI is InChI=1S/C22H20N4O4/c1-27-15-9-13(10-16(28-2)20(15)29-3)17-14(11-23)21(24)30-22-18(17)19(25-26-22)12-7-5-4-6-8-12/h4-10,17H,24H2,1-3H3,(H,25,26). The van der Waals surface area contributed by atoms with Gasteiger partial charge in [0.05, 0.1) is 38.5 Å². The maximum absolute atomic E-state index is 9.89. The number of nitriles is 1. The van der Waals surface area contributed by atoms with Gasteiger partial charge in [-0.15, -0.1) is 5.10 Å². The number of aromatic nitrogens is 2. The van der Waals surface area contributed by atoms with E-state index in [1.807, 2.05) is 30.3 Å². The first kappa shape index (κ1) is 19.2. The van der Waals surface area contributed by atoms with Crippen molar-refractivity contribution in [1.29, 1.82) is 5.26 Å². The molecule has 3 N–H and O–H groups in total. The third kappa shape index (κ3) is 2.97. The lowest BCUT2D eigenvalue weighted by molar-refractivity contribution is 0.323. The molecule has 1 unspecified atom stereocenters. The average molecular weight is 404 g/mol. The fourth-order valence-corrected chi connectivity index (χ4v) is 3.67. The molecule has 3 aromatic rings. The fourth-order valence-electron chi connectivity index (χ4n) is 3.67. The number of allylic oxidation sites excluding steroid dienone is 1. The Kier molecular flexibility index (Phi) is 4.94. The lowest BCUT2D eigenvalue weighted by atomic mass is 9.82. The second-order valence-corrected chi connectivity index (χ2v) is 6.57. The van der Waals surface area contributed by atoms with E-state index in [0.29, 0.717) is 28.7 Å². The molecule has 8 nitrogen and oxygen atoms in total. The van der Waals surface area contributed by atoms with Gasteiger partial charge in [-0.1, -0.05) is 30.3 Å². The summed E-state index contributed by atoms with van der Waals surface area (Å²) in [5, 5.41) is 17.2. The monoisotopic (exact) mass is 404 g/mol. The van der Waals surface area contributed by atoms with Crippen molar-refractivity contribution in [3.63, 3.8) is 0 Å². The van der Waals surface area contributed by atoms with Gasteiger partial charge in [0.25, 0.3) is 0 Å². The first-order chi connectivity index (χ1) is 14.6. The smallest absolute Gasteiger partial charge is 0.244 e. The number of nitrogens with zero attached hydrogens (tertiary/aromatic N) is 2. The SMILES string of the molecule is COc1cc(C2C(C#N)=C(N)Oc3n[nH]c(-c4ccccc4)c32)cc(OC)c1OC. The normalized spacial score (nSPS) is 15.1. The van der Waals surface area contributed by atoms with E-state index < -0.39 is 5.92 Å². The Labute approximate surface area is 173 Å². The summed E-state index contributed by atoms with van der Waals surface area (Å²) in [5.41, 5.74) is 9.43. The molecule has 4 rings (SSSR count). The first-order valence-corrected chi connectivity index (χ1v) is 9.14. The fraction of sp³-hybridized carbons (Fsp3) is 0.182. The van der Waals surface area contributed by atoms with Gasteiger partial charge < -0.3 is 24.7 Å². The number of methoxy groups -OCH3 is 3. The van der Waals surface area contributed by atoms with Gasteiger partial charge in [0.15, 0.2) is 11.5 Å². The van der Waals surface area contributed by atoms with Gasteiger partial charge in [-0.25, -0.2) is 0 Å². The molecule has 0 fully saturated rings. The maximum atomic E-state index is 9.89. The highest BCUT2D eigenvalue weighted by Gasteiger charge is 2.36. The lowest BCUT2D eigenvalue weighted by Gasteiger charge is -2.25. The Morgan fingerprint density at radius 3 is 2.30 bits per heavy atom. The molecule has 2 heterocycles. The van der Waals surface area contributed by atoms with Gasteiger partial charge >= 0.3 is 0 Å². The van der Waals surface area contributed by atoms with Crippen molar-refractivity contribution in [3.8, 4) is 40.5 Å². The summed E-state index contributed by atoms with van der Waals surface area (Å²) in [7, 11) is 4.62. The molecular formula is C22H20N4O4. The molecule has 0 amide bonds. The maximum Gasteiger partial charge on any atom is 0.244 e. The van der Waals surface area contributed by atoms with Crippen LogP contribution in [0.15, 0.2) is 53.9 Å². The van der Waals surface area contributed by atoms with Crippen LogP contribution in [0.25, 0.3) is 11.3 Å². The Hall–Kier alpha value is -4.12. The van der Waals surface area contributed by atoms with Crippen LogP contribution in [0.5, 0.6) is 23.1 Å². The highest BCUT2D eigenvalue weighted by molar-refractivity contribution is 5.71. The molecule has 8 heteroatoms. The van der Waals surface area contributed by atoms with Gasteiger partial charge in [-0.05, 0) is 23.3 Å². The van der Waals surface area contributed by atoms with E-state index >= 15 is 0 Å². The average Bonchev–Trinajstić information content (AvgIpc) is 3.20. The van der Waals surface area contributed by atoms with Gasteiger partial charge in [0.2, 0.25) is 17.5 Å². The minimum atomic E-state index is -0.540. The number of ether oxygens (including phenoxy) is 4. The predicted molar refractivity (Wildman–Crippen MR) is 109 cm³/mol. The second-order valence-electron chi connectivity index (χ2n) is 6.57. The number of hydrogen-bond acceptors (Lipinski definition) is 7. The number of H-pyrrole nitrogens is 1. The Morgan fingerprint density at radius 1 is 1.07 bits per heavy atom. The van der Waals surface area contributed by atoms with Crippen molar-refractivity contribution >= 4 is 0 Å². The minimum Gasteiger partial charge on any atom is -0.493 e. The summed E-state index contributed by atoms with van der Waals surface area (Å²) in [6, 6.07) is 15.5. The second kappa shape index (κ2) is 7.72. The molecule has 0 saturated carbocycles. The lowest BCUT2D eigenvalue weighted by Crippen LogP contribution is -2.21. The van der Waals surface area contributed by atoms with Gasteiger partial charge in [0, 0.05) is 0 Å². The predicted octanol–water partition coefficient (Wildman–Crippen LogP) is 3.32. The van der Waals surface area contributed by atoms with Crippen molar-refractivity contribution in [2.24, 2.45) is 5.73 Å². The molecule has 1 atom stereocenters. The molecule has 2 aromatic carbocycles. The topological polar surface area (TPSA) is 115 Å². The first-order valence-electron chi connectivity index (χ1n) is 9.14. The number of rotatable bonds is 5. The molecule has 1 aliphatic heterocycles. The molecule has 1 aromatic heterocycles. The van der Waals surface area contributed by atoms with Crippen LogP contribution >= 0.6 is 0 Å². The summed E-state index contributed by atoms with van der Waals surface area (Å²) >= 11 is 0. The van der Waals surface area contributed by atoms with Crippen LogP contribution in [0.1, 0.15) is 17.0 Å². The summed E-state index contributed by atoms with van der Waals surface area (Å²) in [5.74, 6) is 1.20. The zero-order valence-electron chi connectivity index (χ0n) is 16.7. The summed E-state index contributed by atoms with van der Waals surface area (Å²) < 4.78 is 22.1. The van der Waals surface area contributed by atoms with Crippen molar-refractivity contribution in [3.05, 3.63) is 65.0 Å². The quantitative estimate of drug-likeness (QED) is 0.670. The van der Waals surface area contributed by atoms with E-state index in [2.05, 4.69) is 16.3 Å². The van der Waals surface area contributed by atoms with E-state index in [4.69, 9.17) is 24.7 Å². The molecule has 1 aliphatic rings. The number of hydrogen-bond donors (Lipinski definition) is 2. The molecule has 0 spiro atoms. The number of fused-ring (bicyclic) bond motifs is 1. The zero-order chi connectivity index (χ0) is 21.3. The van der Waals surface area contributed by atoms with Gasteiger partial charge in [-0.3, -0.25) is 5.10 Å². The van der Waals surface area contributed by atoms with Crippen LogP contribution in [-0.2, 0) is 0 Å². The molecule has 30 heavy (non-hydrogen) atoms. The molecule has 0 saturated heterocycles. The highest BCUT2D eigenvalue weighted by Crippen LogP contribution is 2.49. The Morgan fingerprint density at radius 2 is 1.73 bits per heavy atom. The van der Waals surface area contributed by atoms with E-state index in [-0.39, 0.29) is 11.5 Å². The Balaban J connectivity index is 1.99. The van der Waals surface area contributed by atoms with E-state index in [1.54, 1.807) is 26.4 Å². The van der Waals surface area contributed by atoms with Crippen molar-refractivity contribution < 1.29 is 18.9 Å². The van der Waals surface area contributed by atoms with Crippen molar-refractivity contribution in [2.75, 3.05) is 21.3 Å². The van der Waals surface area contributed by atoms with Crippen molar-refractivity contribution in [2.45, 2.75) is 5.92 Å².